The molecule has 0 aromatic carbocycles. The van der Waals surface area contributed by atoms with Crippen molar-refractivity contribution in [2.45, 2.75) is 58.2 Å². The van der Waals surface area contributed by atoms with Gasteiger partial charge < -0.3 is 9.73 Å². The maximum atomic E-state index is 5.39. The summed E-state index contributed by atoms with van der Waals surface area (Å²) < 4.78 is 5.39. The zero-order valence-corrected chi connectivity index (χ0v) is 11.9. The maximum absolute atomic E-state index is 5.39. The van der Waals surface area contributed by atoms with Gasteiger partial charge >= 0.3 is 0 Å². The zero-order valence-electron chi connectivity index (χ0n) is 11.9. The molecule has 0 bridgehead atoms. The molecule has 0 saturated carbocycles. The first-order chi connectivity index (χ1) is 8.65. The molecule has 2 atom stereocenters. The van der Waals surface area contributed by atoms with E-state index in [2.05, 4.69) is 37.1 Å². The molecule has 2 rings (SSSR count). The zero-order chi connectivity index (χ0) is 13.0. The molecule has 0 aliphatic carbocycles. The molecular weight excluding hydrogens is 224 g/mol. The fraction of sp³-hybridized carbons (Fsp3) is 0.733. The van der Waals surface area contributed by atoms with E-state index in [0.29, 0.717) is 18.1 Å². The van der Waals surface area contributed by atoms with Crippen LogP contribution in [0.2, 0.25) is 0 Å². The Morgan fingerprint density at radius 2 is 2.28 bits per heavy atom. The summed E-state index contributed by atoms with van der Waals surface area (Å²) in [4.78, 5) is 2.60. The van der Waals surface area contributed by atoms with Gasteiger partial charge in [0.1, 0.15) is 5.76 Å². The van der Waals surface area contributed by atoms with Crippen LogP contribution >= 0.6 is 0 Å². The second kappa shape index (κ2) is 6.39. The Hall–Kier alpha value is -0.800. The van der Waals surface area contributed by atoms with Crippen LogP contribution in [0.5, 0.6) is 0 Å². The highest BCUT2D eigenvalue weighted by Crippen LogP contribution is 2.17. The number of nitrogens with one attached hydrogen (secondary N) is 1. The van der Waals surface area contributed by atoms with Crippen molar-refractivity contribution < 1.29 is 4.42 Å². The van der Waals surface area contributed by atoms with Crippen LogP contribution in [0, 0.1) is 0 Å². The lowest BCUT2D eigenvalue weighted by molar-refractivity contribution is 0.236. The fourth-order valence-electron chi connectivity index (χ4n) is 2.78. The molecule has 1 aromatic rings. The molecule has 2 unspecified atom stereocenters. The van der Waals surface area contributed by atoms with Gasteiger partial charge in [-0.1, -0.05) is 13.8 Å². The van der Waals surface area contributed by atoms with Gasteiger partial charge in [0.05, 0.1) is 6.26 Å². The molecule has 0 spiro atoms. The van der Waals surface area contributed by atoms with E-state index in [4.69, 9.17) is 4.42 Å². The van der Waals surface area contributed by atoms with Gasteiger partial charge in [-0.15, -0.1) is 0 Å². The van der Waals surface area contributed by atoms with E-state index >= 15 is 0 Å². The van der Waals surface area contributed by atoms with Crippen molar-refractivity contribution in [2.75, 3.05) is 13.1 Å². The second-order valence-corrected chi connectivity index (χ2v) is 5.77. The van der Waals surface area contributed by atoms with Gasteiger partial charge in [0, 0.05) is 37.6 Å². The Kier molecular flexibility index (Phi) is 4.84. The lowest BCUT2D eigenvalue weighted by Gasteiger charge is -2.24. The molecule has 1 aromatic heterocycles. The van der Waals surface area contributed by atoms with Gasteiger partial charge in [0.2, 0.25) is 0 Å². The summed E-state index contributed by atoms with van der Waals surface area (Å²) in [6, 6.07) is 5.96. The molecule has 18 heavy (non-hydrogen) atoms. The molecule has 1 aliphatic heterocycles. The minimum atomic E-state index is 0.591. The van der Waals surface area contributed by atoms with Crippen LogP contribution in [0.4, 0.5) is 0 Å². The standard InChI is InChI=1S/C15H26N2O/c1-12(2)16-14-8-9-17(11-14)13(3)6-7-15-5-4-10-18-15/h4-5,10,12-14,16H,6-9,11H2,1-3H3. The predicted molar refractivity (Wildman–Crippen MR) is 74.7 cm³/mol. The van der Waals surface area contributed by atoms with Gasteiger partial charge in [-0.05, 0) is 31.9 Å². The van der Waals surface area contributed by atoms with E-state index in [0.717, 1.165) is 12.2 Å². The van der Waals surface area contributed by atoms with Crippen molar-refractivity contribution in [1.29, 1.82) is 0 Å². The van der Waals surface area contributed by atoms with Crippen LogP contribution in [-0.4, -0.2) is 36.1 Å². The molecule has 1 aliphatic rings. The summed E-state index contributed by atoms with van der Waals surface area (Å²) >= 11 is 0. The van der Waals surface area contributed by atoms with Crippen molar-refractivity contribution >= 4 is 0 Å². The lowest BCUT2D eigenvalue weighted by Crippen LogP contribution is -2.39. The monoisotopic (exact) mass is 250 g/mol. The topological polar surface area (TPSA) is 28.4 Å². The van der Waals surface area contributed by atoms with E-state index in [1.807, 2.05) is 6.07 Å². The Labute approximate surface area is 111 Å². The van der Waals surface area contributed by atoms with Gasteiger partial charge in [0.15, 0.2) is 0 Å². The average Bonchev–Trinajstić information content (AvgIpc) is 2.95. The number of aryl methyl sites for hydroxylation is 1. The van der Waals surface area contributed by atoms with Gasteiger partial charge in [-0.25, -0.2) is 0 Å². The van der Waals surface area contributed by atoms with Gasteiger partial charge in [0.25, 0.3) is 0 Å². The highest BCUT2D eigenvalue weighted by atomic mass is 16.3. The molecule has 0 radical (unpaired) electrons. The third-order valence-corrected chi connectivity index (χ3v) is 3.80. The molecule has 1 N–H and O–H groups in total. The van der Waals surface area contributed by atoms with E-state index < -0.39 is 0 Å². The molecule has 0 amide bonds. The fourth-order valence-corrected chi connectivity index (χ4v) is 2.78. The van der Waals surface area contributed by atoms with E-state index in [9.17, 15) is 0 Å². The van der Waals surface area contributed by atoms with Crippen molar-refractivity contribution in [1.82, 2.24) is 10.2 Å². The number of hydrogen-bond donors (Lipinski definition) is 1. The quantitative estimate of drug-likeness (QED) is 0.841. The first kappa shape index (κ1) is 13.6. The Bertz CT molecular complexity index is 334. The first-order valence-corrected chi connectivity index (χ1v) is 7.17. The molecule has 3 nitrogen and oxygen atoms in total. The SMILES string of the molecule is CC(C)NC1CCN(C(C)CCc2ccco2)C1. The minimum absolute atomic E-state index is 0.591. The summed E-state index contributed by atoms with van der Waals surface area (Å²) in [6.45, 7) is 9.20. The summed E-state index contributed by atoms with van der Waals surface area (Å²) in [5.41, 5.74) is 0. The molecule has 2 heterocycles. The van der Waals surface area contributed by atoms with E-state index in [1.165, 1.54) is 25.9 Å². The Morgan fingerprint density at radius 1 is 1.44 bits per heavy atom. The minimum Gasteiger partial charge on any atom is -0.469 e. The van der Waals surface area contributed by atoms with Crippen LogP contribution in [-0.2, 0) is 6.42 Å². The summed E-state index contributed by atoms with van der Waals surface area (Å²) in [5.74, 6) is 1.11. The summed E-state index contributed by atoms with van der Waals surface area (Å²) in [5, 5.41) is 3.64. The number of hydrogen-bond acceptors (Lipinski definition) is 3. The molecule has 3 heteroatoms. The molecule has 1 fully saturated rings. The Balaban J connectivity index is 1.71. The van der Waals surface area contributed by atoms with Crippen LogP contribution in [0.25, 0.3) is 0 Å². The van der Waals surface area contributed by atoms with Crippen LogP contribution in [0.15, 0.2) is 22.8 Å². The number of furan rings is 1. The molecule has 1 saturated heterocycles. The van der Waals surface area contributed by atoms with Crippen LogP contribution < -0.4 is 5.32 Å². The highest BCUT2D eigenvalue weighted by molar-refractivity contribution is 4.98. The third kappa shape index (κ3) is 3.85. The van der Waals surface area contributed by atoms with Gasteiger partial charge in [-0.3, -0.25) is 4.90 Å². The molecular formula is C15H26N2O. The second-order valence-electron chi connectivity index (χ2n) is 5.77. The maximum Gasteiger partial charge on any atom is 0.103 e. The normalized spacial score (nSPS) is 22.8. The largest absolute Gasteiger partial charge is 0.469 e. The number of nitrogens with zero attached hydrogens (tertiary/aromatic N) is 1. The van der Waals surface area contributed by atoms with Crippen LogP contribution in [0.1, 0.15) is 39.4 Å². The number of rotatable bonds is 6. The number of likely N-dealkylation sites (tertiary alicyclic amines) is 1. The average molecular weight is 250 g/mol. The van der Waals surface area contributed by atoms with Gasteiger partial charge in [-0.2, -0.15) is 0 Å². The van der Waals surface area contributed by atoms with E-state index in [-0.39, 0.29) is 0 Å². The highest BCUT2D eigenvalue weighted by Gasteiger charge is 2.25. The summed E-state index contributed by atoms with van der Waals surface area (Å²) in [7, 11) is 0. The van der Waals surface area contributed by atoms with Crippen molar-refractivity contribution in [3.63, 3.8) is 0 Å². The molecule has 102 valence electrons. The third-order valence-electron chi connectivity index (χ3n) is 3.80. The van der Waals surface area contributed by atoms with Crippen LogP contribution in [0.3, 0.4) is 0 Å². The van der Waals surface area contributed by atoms with Crippen molar-refractivity contribution in [3.8, 4) is 0 Å². The smallest absolute Gasteiger partial charge is 0.103 e. The van der Waals surface area contributed by atoms with Crippen molar-refractivity contribution in [2.24, 2.45) is 0 Å². The van der Waals surface area contributed by atoms with Crippen molar-refractivity contribution in [3.05, 3.63) is 24.2 Å². The Morgan fingerprint density at radius 3 is 2.94 bits per heavy atom. The predicted octanol–water partition coefficient (Wildman–Crippen LogP) is 2.67. The lowest BCUT2D eigenvalue weighted by atomic mass is 10.1. The summed E-state index contributed by atoms with van der Waals surface area (Å²) in [6.07, 6.45) is 5.27. The van der Waals surface area contributed by atoms with E-state index in [1.54, 1.807) is 6.26 Å². The first-order valence-electron chi connectivity index (χ1n) is 7.17.